The highest BCUT2D eigenvalue weighted by atomic mass is 31.0. The maximum absolute atomic E-state index is 3.01. The summed E-state index contributed by atoms with van der Waals surface area (Å²) in [6.07, 6.45) is 5.93. The van der Waals surface area contributed by atoms with Crippen LogP contribution in [0.5, 0.6) is 0 Å². The summed E-state index contributed by atoms with van der Waals surface area (Å²) in [5.74, 6) is 2.89. The molecule has 90 valence electrons. The molecule has 2 aliphatic carbocycles. The predicted molar refractivity (Wildman–Crippen MR) is 73.2 cm³/mol. The summed E-state index contributed by atoms with van der Waals surface area (Å²) in [5, 5.41) is 0. The summed E-state index contributed by atoms with van der Waals surface area (Å²) >= 11 is 0. The fraction of sp³-hybridized carbons (Fsp3) is 1.00. The molecule has 2 rings (SSSR count). The van der Waals surface area contributed by atoms with Gasteiger partial charge in [0.2, 0.25) is 0 Å². The molecular formula is C14H29P. The first-order valence-corrected chi connectivity index (χ1v) is 7.25. The molecule has 0 aromatic carbocycles. The lowest BCUT2D eigenvalue weighted by atomic mass is 9.83. The molecule has 15 heavy (non-hydrogen) atoms. The molecule has 2 saturated carbocycles. The monoisotopic (exact) mass is 228 g/mol. The molecule has 0 amide bonds. The summed E-state index contributed by atoms with van der Waals surface area (Å²) in [5.41, 5.74) is 1.66. The fourth-order valence-corrected chi connectivity index (χ4v) is 4.36. The molecule has 5 atom stereocenters. The molecule has 1 heteroatoms. The minimum absolute atomic E-state index is 0.728. The highest BCUT2D eigenvalue weighted by Gasteiger charge is 2.47. The van der Waals surface area contributed by atoms with Crippen LogP contribution >= 0.6 is 9.24 Å². The van der Waals surface area contributed by atoms with Crippen molar-refractivity contribution < 1.29 is 0 Å². The van der Waals surface area contributed by atoms with Crippen LogP contribution in [-0.2, 0) is 0 Å². The first kappa shape index (κ1) is 13.5. The first-order valence-electron chi connectivity index (χ1n) is 6.59. The van der Waals surface area contributed by atoms with Gasteiger partial charge in [-0.05, 0) is 54.5 Å². The molecule has 2 aliphatic rings. The van der Waals surface area contributed by atoms with Gasteiger partial charge in [-0.3, -0.25) is 0 Å². The van der Waals surface area contributed by atoms with Gasteiger partial charge in [-0.2, -0.15) is 0 Å². The summed E-state index contributed by atoms with van der Waals surface area (Å²) in [6.45, 7) is 11.4. The summed E-state index contributed by atoms with van der Waals surface area (Å²) in [6, 6.07) is 0. The molecule has 0 aromatic rings. The Kier molecular flexibility index (Phi) is 4.65. The van der Waals surface area contributed by atoms with Crippen molar-refractivity contribution in [3.8, 4) is 0 Å². The minimum Gasteiger partial charge on any atom is -0.134 e. The van der Waals surface area contributed by atoms with Crippen molar-refractivity contribution in [1.29, 1.82) is 0 Å². The molecule has 0 heterocycles. The van der Waals surface area contributed by atoms with E-state index in [1.54, 1.807) is 0 Å². The van der Waals surface area contributed by atoms with Crippen molar-refractivity contribution >= 4 is 9.24 Å². The van der Waals surface area contributed by atoms with Crippen LogP contribution in [0.25, 0.3) is 0 Å². The Hall–Kier alpha value is 0.430. The van der Waals surface area contributed by atoms with Crippen LogP contribution in [0.3, 0.4) is 0 Å². The summed E-state index contributed by atoms with van der Waals surface area (Å²) in [4.78, 5) is 0. The van der Waals surface area contributed by atoms with Crippen molar-refractivity contribution in [1.82, 2.24) is 0 Å². The average molecular weight is 228 g/mol. The van der Waals surface area contributed by atoms with Crippen LogP contribution in [0, 0.1) is 23.2 Å². The van der Waals surface area contributed by atoms with E-state index in [-0.39, 0.29) is 0 Å². The number of hydrogen-bond donors (Lipinski definition) is 0. The van der Waals surface area contributed by atoms with Gasteiger partial charge < -0.3 is 0 Å². The lowest BCUT2D eigenvalue weighted by molar-refractivity contribution is 0.274. The molecule has 0 spiro atoms. The molecule has 0 aromatic heterocycles. The molecule has 0 aliphatic heterocycles. The predicted octanol–water partition coefficient (Wildman–Crippen LogP) is 4.74. The van der Waals surface area contributed by atoms with Crippen LogP contribution in [0.1, 0.15) is 60.3 Å². The number of rotatable bonds is 0. The topological polar surface area (TPSA) is 0 Å². The van der Waals surface area contributed by atoms with E-state index in [0.29, 0.717) is 0 Å². The van der Waals surface area contributed by atoms with E-state index in [2.05, 4.69) is 43.9 Å². The van der Waals surface area contributed by atoms with Gasteiger partial charge >= 0.3 is 0 Å². The Morgan fingerprint density at radius 2 is 1.67 bits per heavy atom. The van der Waals surface area contributed by atoms with E-state index in [0.717, 1.165) is 28.8 Å². The first-order chi connectivity index (χ1) is 6.83. The lowest BCUT2D eigenvalue weighted by Crippen LogP contribution is -2.14. The third-order valence-electron chi connectivity index (χ3n) is 3.80. The van der Waals surface area contributed by atoms with Gasteiger partial charge in [0.05, 0.1) is 0 Å². The normalized spacial score (nSPS) is 43.8. The van der Waals surface area contributed by atoms with E-state index in [1.165, 1.54) is 25.7 Å². The van der Waals surface area contributed by atoms with E-state index >= 15 is 0 Å². The van der Waals surface area contributed by atoms with Crippen LogP contribution in [0.4, 0.5) is 0 Å². The van der Waals surface area contributed by atoms with Gasteiger partial charge in [-0.25, -0.2) is 0 Å². The molecule has 0 N–H and O–H groups in total. The maximum atomic E-state index is 3.01. The van der Waals surface area contributed by atoms with E-state index < -0.39 is 0 Å². The van der Waals surface area contributed by atoms with Crippen LogP contribution in [0.2, 0.25) is 0 Å². The maximum Gasteiger partial charge on any atom is -0.0256 e. The second kappa shape index (κ2) is 5.17. The van der Waals surface area contributed by atoms with E-state index in [9.17, 15) is 0 Å². The fourth-order valence-electron chi connectivity index (χ4n) is 3.49. The van der Waals surface area contributed by atoms with Crippen LogP contribution in [0.15, 0.2) is 0 Å². The molecule has 2 fully saturated rings. The Labute approximate surface area is 98.8 Å². The van der Waals surface area contributed by atoms with Gasteiger partial charge in [0.25, 0.3) is 0 Å². The highest BCUT2D eigenvalue weighted by molar-refractivity contribution is 7.17. The van der Waals surface area contributed by atoms with Crippen molar-refractivity contribution in [3.63, 3.8) is 0 Å². The van der Waals surface area contributed by atoms with Crippen LogP contribution < -0.4 is 0 Å². The van der Waals surface area contributed by atoms with Crippen molar-refractivity contribution in [2.24, 2.45) is 23.2 Å². The smallest absolute Gasteiger partial charge is 0.0256 e. The quantitative estimate of drug-likeness (QED) is 0.525. The average Bonchev–Trinajstić information content (AvgIpc) is 2.35. The largest absolute Gasteiger partial charge is 0.134 e. The third kappa shape index (κ3) is 3.74. The Bertz CT molecular complexity index is 181. The van der Waals surface area contributed by atoms with Gasteiger partial charge in [0.15, 0.2) is 0 Å². The second-order valence-electron chi connectivity index (χ2n) is 6.83. The van der Waals surface area contributed by atoms with Crippen molar-refractivity contribution in [2.45, 2.75) is 66.0 Å². The zero-order chi connectivity index (χ0) is 11.6. The van der Waals surface area contributed by atoms with Gasteiger partial charge in [-0.15, -0.1) is 9.24 Å². The zero-order valence-electron chi connectivity index (χ0n) is 11.2. The minimum atomic E-state index is 0.728. The van der Waals surface area contributed by atoms with Gasteiger partial charge in [-0.1, -0.05) is 34.6 Å². The Morgan fingerprint density at radius 3 is 2.13 bits per heavy atom. The Balaban J connectivity index is 0.000000245. The Morgan fingerprint density at radius 1 is 1.13 bits per heavy atom. The van der Waals surface area contributed by atoms with E-state index in [4.69, 9.17) is 0 Å². The molecule has 5 unspecified atom stereocenters. The third-order valence-corrected chi connectivity index (χ3v) is 4.31. The molecule has 0 saturated heterocycles. The number of hydrogen-bond acceptors (Lipinski definition) is 0. The molecule has 0 nitrogen and oxygen atoms in total. The van der Waals surface area contributed by atoms with Gasteiger partial charge in [0, 0.05) is 0 Å². The standard InChI is InChI=1S/C10H19P.C4H10/c1-7-3-8-4-9(11)6-10(8,2)5-7;1-4(2)3/h7-9H,3-6,11H2,1-2H3;4H,1-3H3. The SMILES string of the molecule is CC(C)C.CC1CC2CC(P)CC2(C)C1. The number of fused-ring (bicyclic) bond motifs is 1. The lowest BCUT2D eigenvalue weighted by Gasteiger charge is -2.23. The van der Waals surface area contributed by atoms with Crippen molar-refractivity contribution in [2.75, 3.05) is 0 Å². The molecule has 0 radical (unpaired) electrons. The summed E-state index contributed by atoms with van der Waals surface area (Å²) in [7, 11) is 3.01. The highest BCUT2D eigenvalue weighted by Crippen LogP contribution is 2.57. The summed E-state index contributed by atoms with van der Waals surface area (Å²) < 4.78 is 0. The van der Waals surface area contributed by atoms with E-state index in [1.807, 2.05) is 0 Å². The second-order valence-corrected chi connectivity index (χ2v) is 7.77. The molecule has 0 bridgehead atoms. The van der Waals surface area contributed by atoms with Gasteiger partial charge in [0.1, 0.15) is 0 Å². The molecular weight excluding hydrogens is 199 g/mol. The zero-order valence-corrected chi connectivity index (χ0v) is 12.4. The van der Waals surface area contributed by atoms with Crippen molar-refractivity contribution in [3.05, 3.63) is 0 Å². The van der Waals surface area contributed by atoms with Crippen LogP contribution in [-0.4, -0.2) is 5.66 Å².